The van der Waals surface area contributed by atoms with Gasteiger partial charge in [0, 0.05) is 42.4 Å². The molecule has 0 bridgehead atoms. The molecule has 0 spiro atoms. The summed E-state index contributed by atoms with van der Waals surface area (Å²) in [6, 6.07) is 16.9. The van der Waals surface area contributed by atoms with Crippen LogP contribution in [-0.4, -0.2) is 40.6 Å². The molecule has 6 nitrogen and oxygen atoms in total. The molecule has 1 aromatic heterocycles. The Labute approximate surface area is 191 Å². The molecule has 0 aliphatic carbocycles. The Bertz CT molecular complexity index is 1140. The first-order valence-corrected chi connectivity index (χ1v) is 10.8. The number of rotatable bonds is 6. The zero-order valence-corrected chi connectivity index (χ0v) is 18.1. The predicted octanol–water partition coefficient (Wildman–Crippen LogP) is 4.65. The van der Waals surface area contributed by atoms with Crippen LogP contribution in [-0.2, 0) is 6.42 Å². The topological polar surface area (TPSA) is 79.4 Å². The number of amides is 2. The number of nitrogens with one attached hydrogen (secondary N) is 1. The summed E-state index contributed by atoms with van der Waals surface area (Å²) in [5.74, 6) is -0.108. The number of benzene rings is 2. The Hall–Kier alpha value is -3.51. The van der Waals surface area contributed by atoms with Gasteiger partial charge in [0.05, 0.1) is 5.02 Å². The van der Waals surface area contributed by atoms with E-state index in [-0.39, 0.29) is 24.0 Å². The van der Waals surface area contributed by atoms with E-state index in [1.165, 1.54) is 6.20 Å². The molecule has 3 aromatic rings. The Balaban J connectivity index is 1.46. The summed E-state index contributed by atoms with van der Waals surface area (Å²) in [5.41, 5.74) is 2.09. The van der Waals surface area contributed by atoms with Gasteiger partial charge in [-0.2, -0.15) is 0 Å². The number of pyridine rings is 1. The molecule has 0 radical (unpaired) electrons. The normalized spacial score (nSPS) is 13.1. The number of nitrogens with zero attached hydrogens (tertiary/aromatic N) is 2. The van der Waals surface area contributed by atoms with Gasteiger partial charge in [-0.3, -0.25) is 14.4 Å². The molecule has 32 heavy (non-hydrogen) atoms. The molecule has 2 heterocycles. The Morgan fingerprint density at radius 1 is 0.906 bits per heavy atom. The molecular formula is C25H22ClN3O3. The van der Waals surface area contributed by atoms with Gasteiger partial charge in [-0.25, -0.2) is 4.98 Å². The first-order valence-electron chi connectivity index (χ1n) is 10.4. The predicted molar refractivity (Wildman–Crippen MR) is 123 cm³/mol. The van der Waals surface area contributed by atoms with Crippen molar-refractivity contribution in [3.05, 3.63) is 94.1 Å². The minimum absolute atomic E-state index is 0.000625. The van der Waals surface area contributed by atoms with Crippen molar-refractivity contribution in [3.63, 3.8) is 0 Å². The van der Waals surface area contributed by atoms with Crippen molar-refractivity contribution in [2.45, 2.75) is 19.3 Å². The molecule has 2 aromatic carbocycles. The molecule has 1 saturated heterocycles. The summed E-state index contributed by atoms with van der Waals surface area (Å²) in [4.78, 5) is 44.0. The van der Waals surface area contributed by atoms with E-state index in [0.717, 1.165) is 25.9 Å². The molecule has 1 fully saturated rings. The summed E-state index contributed by atoms with van der Waals surface area (Å²) in [6.07, 6.45) is 3.58. The van der Waals surface area contributed by atoms with Crippen LogP contribution in [0.1, 0.15) is 49.5 Å². The lowest BCUT2D eigenvalue weighted by Gasteiger charge is -2.15. The standard InChI is InChI=1S/C25H22ClN3O3/c26-20-11-12-23(27-16-20)28-24(31)21-6-2-1-5-19(21)15-22(30)17-7-9-18(10-8-17)25(32)29-13-3-4-14-29/h1-2,5-12,16H,3-4,13-15H2,(H,27,28,31). The third-order valence-electron chi connectivity index (χ3n) is 5.43. The summed E-state index contributed by atoms with van der Waals surface area (Å²) >= 11 is 5.83. The van der Waals surface area contributed by atoms with Crippen molar-refractivity contribution in [3.8, 4) is 0 Å². The van der Waals surface area contributed by atoms with Crippen LogP contribution in [0.4, 0.5) is 5.82 Å². The van der Waals surface area contributed by atoms with E-state index in [2.05, 4.69) is 10.3 Å². The summed E-state index contributed by atoms with van der Waals surface area (Å²) < 4.78 is 0. The maximum Gasteiger partial charge on any atom is 0.257 e. The van der Waals surface area contributed by atoms with E-state index >= 15 is 0 Å². The van der Waals surface area contributed by atoms with Gasteiger partial charge in [-0.15, -0.1) is 0 Å². The van der Waals surface area contributed by atoms with Gasteiger partial charge in [0.25, 0.3) is 11.8 Å². The zero-order chi connectivity index (χ0) is 22.5. The van der Waals surface area contributed by atoms with Gasteiger partial charge >= 0.3 is 0 Å². The third kappa shape index (κ3) is 5.03. The lowest BCUT2D eigenvalue weighted by atomic mass is 9.97. The van der Waals surface area contributed by atoms with Gasteiger partial charge in [-0.1, -0.05) is 41.9 Å². The molecule has 4 rings (SSSR count). The minimum Gasteiger partial charge on any atom is -0.339 e. The van der Waals surface area contributed by atoms with E-state index in [1.807, 2.05) is 4.90 Å². The lowest BCUT2D eigenvalue weighted by Crippen LogP contribution is -2.27. The molecule has 162 valence electrons. The fraction of sp³-hybridized carbons (Fsp3) is 0.200. The monoisotopic (exact) mass is 447 g/mol. The molecule has 0 saturated carbocycles. The second-order valence-electron chi connectivity index (χ2n) is 7.65. The van der Waals surface area contributed by atoms with Crippen molar-refractivity contribution in [1.82, 2.24) is 9.88 Å². The molecule has 2 amide bonds. The Morgan fingerprint density at radius 2 is 1.59 bits per heavy atom. The number of anilines is 1. The highest BCUT2D eigenvalue weighted by Gasteiger charge is 2.20. The number of carbonyl (C=O) groups is 3. The molecule has 7 heteroatoms. The van der Waals surface area contributed by atoms with E-state index in [1.54, 1.807) is 60.7 Å². The third-order valence-corrected chi connectivity index (χ3v) is 5.65. The van der Waals surface area contributed by atoms with Crippen LogP contribution in [0.3, 0.4) is 0 Å². The SMILES string of the molecule is O=C(Cc1ccccc1C(=O)Nc1ccc(Cl)cn1)c1ccc(C(=O)N2CCCC2)cc1. The molecule has 1 N–H and O–H groups in total. The first-order chi connectivity index (χ1) is 15.5. The zero-order valence-electron chi connectivity index (χ0n) is 17.4. The van der Waals surface area contributed by atoms with Crippen molar-refractivity contribution in [2.75, 3.05) is 18.4 Å². The maximum absolute atomic E-state index is 12.9. The minimum atomic E-state index is -0.352. The first kappa shape index (κ1) is 21.7. The lowest BCUT2D eigenvalue weighted by molar-refractivity contribution is 0.0792. The van der Waals surface area contributed by atoms with Crippen molar-refractivity contribution in [2.24, 2.45) is 0 Å². The highest BCUT2D eigenvalue weighted by atomic mass is 35.5. The summed E-state index contributed by atoms with van der Waals surface area (Å²) in [5, 5.41) is 3.20. The maximum atomic E-state index is 12.9. The second kappa shape index (κ2) is 9.75. The van der Waals surface area contributed by atoms with Crippen molar-refractivity contribution < 1.29 is 14.4 Å². The molecule has 1 aliphatic heterocycles. The van der Waals surface area contributed by atoms with Crippen LogP contribution in [0.15, 0.2) is 66.9 Å². The number of hydrogen-bond donors (Lipinski definition) is 1. The van der Waals surface area contributed by atoms with Gasteiger partial charge < -0.3 is 10.2 Å². The fourth-order valence-corrected chi connectivity index (χ4v) is 3.82. The number of likely N-dealkylation sites (tertiary alicyclic amines) is 1. The Kier molecular flexibility index (Phi) is 6.61. The van der Waals surface area contributed by atoms with E-state index in [0.29, 0.717) is 33.1 Å². The van der Waals surface area contributed by atoms with Crippen LogP contribution < -0.4 is 5.32 Å². The van der Waals surface area contributed by atoms with Gasteiger partial charge in [0.2, 0.25) is 0 Å². The van der Waals surface area contributed by atoms with Crippen LogP contribution in [0.2, 0.25) is 5.02 Å². The number of halogens is 1. The summed E-state index contributed by atoms with van der Waals surface area (Å²) in [6.45, 7) is 1.56. The van der Waals surface area contributed by atoms with Crippen molar-refractivity contribution in [1.29, 1.82) is 0 Å². The quantitative estimate of drug-likeness (QED) is 0.558. The number of Topliss-reactive ketones (excluding diaryl/α,β-unsaturated/α-hetero) is 1. The summed E-state index contributed by atoms with van der Waals surface area (Å²) in [7, 11) is 0. The second-order valence-corrected chi connectivity index (χ2v) is 8.09. The smallest absolute Gasteiger partial charge is 0.257 e. The molecular weight excluding hydrogens is 426 g/mol. The van der Waals surface area contributed by atoms with Crippen LogP contribution in [0.25, 0.3) is 0 Å². The van der Waals surface area contributed by atoms with Crippen LogP contribution in [0, 0.1) is 0 Å². The van der Waals surface area contributed by atoms with E-state index in [9.17, 15) is 14.4 Å². The van der Waals surface area contributed by atoms with Gasteiger partial charge in [0.15, 0.2) is 5.78 Å². The Morgan fingerprint density at radius 3 is 2.28 bits per heavy atom. The fourth-order valence-electron chi connectivity index (χ4n) is 3.71. The number of ketones is 1. The largest absolute Gasteiger partial charge is 0.339 e. The number of carbonyl (C=O) groups excluding carboxylic acids is 3. The van der Waals surface area contributed by atoms with Gasteiger partial charge in [-0.05, 0) is 48.7 Å². The van der Waals surface area contributed by atoms with E-state index in [4.69, 9.17) is 11.6 Å². The van der Waals surface area contributed by atoms with Crippen LogP contribution in [0.5, 0.6) is 0 Å². The number of aromatic nitrogens is 1. The molecule has 1 aliphatic rings. The average molecular weight is 448 g/mol. The van der Waals surface area contributed by atoms with Crippen molar-refractivity contribution >= 4 is 35.0 Å². The van der Waals surface area contributed by atoms with E-state index < -0.39 is 0 Å². The molecule has 0 atom stereocenters. The highest BCUT2D eigenvalue weighted by Crippen LogP contribution is 2.18. The van der Waals surface area contributed by atoms with Gasteiger partial charge in [0.1, 0.15) is 5.82 Å². The average Bonchev–Trinajstić information content (AvgIpc) is 3.35. The molecule has 0 unspecified atom stereocenters. The van der Waals surface area contributed by atoms with Crippen LogP contribution >= 0.6 is 11.6 Å². The number of hydrogen-bond acceptors (Lipinski definition) is 4. The highest BCUT2D eigenvalue weighted by molar-refractivity contribution is 6.30.